The molecular formula is C15H18N2O2. The number of nitrogens with two attached hydrogens (primary N) is 1. The quantitative estimate of drug-likeness (QED) is 0.895. The lowest BCUT2D eigenvalue weighted by molar-refractivity contribution is 0.298. The Morgan fingerprint density at radius 1 is 1.16 bits per heavy atom. The van der Waals surface area contributed by atoms with Crippen molar-refractivity contribution in [2.24, 2.45) is 5.73 Å². The third-order valence-electron chi connectivity index (χ3n) is 2.74. The first-order chi connectivity index (χ1) is 9.21. The molecule has 0 aliphatic rings. The van der Waals surface area contributed by atoms with Gasteiger partial charge in [-0.25, -0.2) is 0 Å². The second-order valence-electron chi connectivity index (χ2n) is 4.28. The average Bonchev–Trinajstić information content (AvgIpc) is 2.44. The van der Waals surface area contributed by atoms with Crippen molar-refractivity contribution in [2.75, 3.05) is 7.11 Å². The van der Waals surface area contributed by atoms with Crippen molar-refractivity contribution < 1.29 is 9.47 Å². The minimum Gasteiger partial charge on any atom is -0.497 e. The standard InChI is InChI=1S/C15H18N2O2/c1-11-4-3-5-13(17-11)10-19-15-7-12(9-16)6-14(8-15)18-2/h3-8H,9-10,16H2,1-2H3. The van der Waals surface area contributed by atoms with Gasteiger partial charge in [0.15, 0.2) is 0 Å². The lowest BCUT2D eigenvalue weighted by Gasteiger charge is -2.10. The molecule has 0 saturated carbocycles. The zero-order chi connectivity index (χ0) is 13.7. The minimum absolute atomic E-state index is 0.429. The molecule has 0 aliphatic carbocycles. The maximum Gasteiger partial charge on any atom is 0.130 e. The van der Waals surface area contributed by atoms with Crippen molar-refractivity contribution in [2.45, 2.75) is 20.1 Å². The molecule has 4 nitrogen and oxygen atoms in total. The normalized spacial score (nSPS) is 10.3. The van der Waals surface area contributed by atoms with E-state index in [9.17, 15) is 0 Å². The van der Waals surface area contributed by atoms with E-state index in [-0.39, 0.29) is 0 Å². The molecule has 1 aromatic carbocycles. The molecule has 0 radical (unpaired) electrons. The highest BCUT2D eigenvalue weighted by Crippen LogP contribution is 2.23. The summed E-state index contributed by atoms with van der Waals surface area (Å²) < 4.78 is 11.0. The number of aryl methyl sites for hydroxylation is 1. The van der Waals surface area contributed by atoms with Crippen molar-refractivity contribution in [3.8, 4) is 11.5 Å². The van der Waals surface area contributed by atoms with Crippen molar-refractivity contribution in [3.05, 3.63) is 53.3 Å². The van der Waals surface area contributed by atoms with Crippen LogP contribution in [0.5, 0.6) is 11.5 Å². The molecule has 0 fully saturated rings. The molecule has 1 heterocycles. The molecular weight excluding hydrogens is 240 g/mol. The molecule has 100 valence electrons. The highest BCUT2D eigenvalue weighted by atomic mass is 16.5. The maximum absolute atomic E-state index is 5.73. The van der Waals surface area contributed by atoms with Gasteiger partial charge in [0, 0.05) is 18.3 Å². The van der Waals surface area contributed by atoms with Gasteiger partial charge in [0.1, 0.15) is 18.1 Å². The van der Waals surface area contributed by atoms with Crippen LogP contribution in [-0.2, 0) is 13.2 Å². The molecule has 2 rings (SSSR count). The van der Waals surface area contributed by atoms with E-state index in [0.29, 0.717) is 13.2 Å². The third kappa shape index (κ3) is 3.69. The molecule has 1 aromatic heterocycles. The Morgan fingerprint density at radius 2 is 1.95 bits per heavy atom. The van der Waals surface area contributed by atoms with Gasteiger partial charge in [-0.1, -0.05) is 6.07 Å². The zero-order valence-corrected chi connectivity index (χ0v) is 11.2. The number of ether oxygens (including phenoxy) is 2. The van der Waals surface area contributed by atoms with E-state index in [1.165, 1.54) is 0 Å². The minimum atomic E-state index is 0.429. The highest BCUT2D eigenvalue weighted by molar-refractivity contribution is 5.38. The van der Waals surface area contributed by atoms with Crippen LogP contribution < -0.4 is 15.2 Å². The topological polar surface area (TPSA) is 57.4 Å². The van der Waals surface area contributed by atoms with E-state index in [1.54, 1.807) is 7.11 Å². The summed E-state index contributed by atoms with van der Waals surface area (Å²) in [5.74, 6) is 1.48. The number of methoxy groups -OCH3 is 1. The van der Waals surface area contributed by atoms with Gasteiger partial charge in [-0.15, -0.1) is 0 Å². The predicted octanol–water partition coefficient (Wildman–Crippen LogP) is 2.44. The van der Waals surface area contributed by atoms with Crippen LogP contribution >= 0.6 is 0 Å². The summed E-state index contributed by atoms with van der Waals surface area (Å²) in [6, 6.07) is 11.5. The van der Waals surface area contributed by atoms with Crippen LogP contribution in [-0.4, -0.2) is 12.1 Å². The Labute approximate surface area is 113 Å². The summed E-state index contributed by atoms with van der Waals surface area (Å²) in [6.45, 7) is 2.84. The van der Waals surface area contributed by atoms with Gasteiger partial charge in [0.25, 0.3) is 0 Å². The summed E-state index contributed by atoms with van der Waals surface area (Å²) in [5.41, 5.74) is 8.51. The van der Waals surface area contributed by atoms with Gasteiger partial charge in [-0.2, -0.15) is 0 Å². The number of nitrogens with zero attached hydrogens (tertiary/aromatic N) is 1. The summed E-state index contributed by atoms with van der Waals surface area (Å²) in [6.07, 6.45) is 0. The second kappa shape index (κ2) is 6.20. The van der Waals surface area contributed by atoms with Gasteiger partial charge < -0.3 is 15.2 Å². The first kappa shape index (κ1) is 13.4. The SMILES string of the molecule is COc1cc(CN)cc(OCc2cccc(C)n2)c1. The molecule has 0 bridgehead atoms. The van der Waals surface area contributed by atoms with Gasteiger partial charge >= 0.3 is 0 Å². The fourth-order valence-corrected chi connectivity index (χ4v) is 1.79. The fourth-order valence-electron chi connectivity index (χ4n) is 1.79. The molecule has 2 aromatic rings. The number of aromatic nitrogens is 1. The van der Waals surface area contributed by atoms with Gasteiger partial charge in [0.05, 0.1) is 12.8 Å². The first-order valence-corrected chi connectivity index (χ1v) is 6.14. The molecule has 0 aliphatic heterocycles. The van der Waals surface area contributed by atoms with E-state index in [1.807, 2.05) is 43.3 Å². The van der Waals surface area contributed by atoms with Crippen LogP contribution in [0.25, 0.3) is 0 Å². The fraction of sp³-hybridized carbons (Fsp3) is 0.267. The Kier molecular flexibility index (Phi) is 4.36. The van der Waals surface area contributed by atoms with Gasteiger partial charge in [-0.3, -0.25) is 4.98 Å². The molecule has 0 atom stereocenters. The number of rotatable bonds is 5. The summed E-state index contributed by atoms with van der Waals surface area (Å²) in [7, 11) is 1.63. The first-order valence-electron chi connectivity index (χ1n) is 6.14. The lowest BCUT2D eigenvalue weighted by Crippen LogP contribution is -2.01. The number of benzene rings is 1. The number of hydrogen-bond acceptors (Lipinski definition) is 4. The largest absolute Gasteiger partial charge is 0.497 e. The van der Waals surface area contributed by atoms with Crippen LogP contribution in [0.2, 0.25) is 0 Å². The van der Waals surface area contributed by atoms with Crippen LogP contribution in [0.3, 0.4) is 0 Å². The summed E-state index contributed by atoms with van der Waals surface area (Å²) in [4.78, 5) is 4.39. The molecule has 2 N–H and O–H groups in total. The monoisotopic (exact) mass is 258 g/mol. The molecule has 19 heavy (non-hydrogen) atoms. The predicted molar refractivity (Wildman–Crippen MR) is 74.2 cm³/mol. The number of pyridine rings is 1. The molecule has 0 spiro atoms. The highest BCUT2D eigenvalue weighted by Gasteiger charge is 2.03. The van der Waals surface area contributed by atoms with Crippen molar-refractivity contribution >= 4 is 0 Å². The smallest absolute Gasteiger partial charge is 0.130 e. The van der Waals surface area contributed by atoms with Crippen molar-refractivity contribution in [1.82, 2.24) is 4.98 Å². The molecule has 4 heteroatoms. The van der Waals surface area contributed by atoms with Crippen LogP contribution in [0, 0.1) is 6.92 Å². The Bertz CT molecular complexity index is 533. The lowest BCUT2D eigenvalue weighted by atomic mass is 10.2. The van der Waals surface area contributed by atoms with E-state index in [0.717, 1.165) is 28.5 Å². The van der Waals surface area contributed by atoms with Crippen LogP contribution in [0.4, 0.5) is 0 Å². The molecule has 0 amide bonds. The maximum atomic E-state index is 5.73. The Morgan fingerprint density at radius 3 is 2.63 bits per heavy atom. The van der Waals surface area contributed by atoms with E-state index in [2.05, 4.69) is 4.98 Å². The Balaban J connectivity index is 2.10. The summed E-state index contributed by atoms with van der Waals surface area (Å²) in [5, 5.41) is 0. The van der Waals surface area contributed by atoms with E-state index < -0.39 is 0 Å². The van der Waals surface area contributed by atoms with Crippen LogP contribution in [0.1, 0.15) is 17.0 Å². The van der Waals surface area contributed by atoms with E-state index >= 15 is 0 Å². The van der Waals surface area contributed by atoms with E-state index in [4.69, 9.17) is 15.2 Å². The van der Waals surface area contributed by atoms with Crippen molar-refractivity contribution in [1.29, 1.82) is 0 Å². The third-order valence-corrected chi connectivity index (χ3v) is 2.74. The Hall–Kier alpha value is -2.07. The molecule has 0 unspecified atom stereocenters. The van der Waals surface area contributed by atoms with Gasteiger partial charge in [0.2, 0.25) is 0 Å². The van der Waals surface area contributed by atoms with Crippen LogP contribution in [0.15, 0.2) is 36.4 Å². The number of hydrogen-bond donors (Lipinski definition) is 1. The summed E-state index contributed by atoms with van der Waals surface area (Å²) >= 11 is 0. The van der Waals surface area contributed by atoms with Crippen molar-refractivity contribution in [3.63, 3.8) is 0 Å². The zero-order valence-electron chi connectivity index (χ0n) is 11.2. The molecule has 0 saturated heterocycles. The van der Waals surface area contributed by atoms with Gasteiger partial charge in [-0.05, 0) is 36.8 Å². The average molecular weight is 258 g/mol. The second-order valence-corrected chi connectivity index (χ2v) is 4.28.